The number of hydrogen-bond donors (Lipinski definition) is 1. The molecule has 0 radical (unpaired) electrons. The zero-order chi connectivity index (χ0) is 14.1. The second kappa shape index (κ2) is 5.49. The standard InChI is InChI=1S/C17H26OS/c1-16(2,3)14-8-6-13(7-9-14)12-15(18)17(4)10-5-11-19-17/h6-9,15,18H,5,10-12H2,1-4H3. The van der Waals surface area contributed by atoms with Crippen molar-refractivity contribution in [3.63, 3.8) is 0 Å². The molecule has 2 rings (SSSR count). The first-order valence-electron chi connectivity index (χ1n) is 7.23. The minimum atomic E-state index is -0.236. The molecule has 1 aromatic rings. The van der Waals surface area contributed by atoms with E-state index in [-0.39, 0.29) is 16.3 Å². The van der Waals surface area contributed by atoms with Gasteiger partial charge in [0.15, 0.2) is 0 Å². The Morgan fingerprint density at radius 1 is 1.26 bits per heavy atom. The van der Waals surface area contributed by atoms with Gasteiger partial charge >= 0.3 is 0 Å². The molecule has 1 fully saturated rings. The maximum absolute atomic E-state index is 10.5. The SMILES string of the molecule is CC(C)(C)c1ccc(CC(O)C2(C)CCCS2)cc1. The van der Waals surface area contributed by atoms with Gasteiger partial charge in [-0.1, -0.05) is 45.0 Å². The zero-order valence-corrected chi connectivity index (χ0v) is 13.4. The van der Waals surface area contributed by atoms with Crippen LogP contribution in [0.5, 0.6) is 0 Å². The lowest BCUT2D eigenvalue weighted by molar-refractivity contribution is 0.133. The van der Waals surface area contributed by atoms with E-state index in [0.717, 1.165) is 12.8 Å². The highest BCUT2D eigenvalue weighted by Crippen LogP contribution is 2.41. The van der Waals surface area contributed by atoms with Crippen LogP contribution in [0.25, 0.3) is 0 Å². The van der Waals surface area contributed by atoms with Gasteiger partial charge in [0.05, 0.1) is 6.10 Å². The highest BCUT2D eigenvalue weighted by Gasteiger charge is 2.36. The molecule has 2 atom stereocenters. The monoisotopic (exact) mass is 278 g/mol. The number of aliphatic hydroxyl groups is 1. The van der Waals surface area contributed by atoms with E-state index in [0.29, 0.717) is 0 Å². The second-order valence-corrected chi connectivity index (χ2v) is 8.56. The summed E-state index contributed by atoms with van der Waals surface area (Å²) >= 11 is 1.93. The van der Waals surface area contributed by atoms with E-state index in [1.807, 2.05) is 11.8 Å². The van der Waals surface area contributed by atoms with E-state index in [4.69, 9.17) is 0 Å². The number of aliphatic hydroxyl groups excluding tert-OH is 1. The molecule has 2 heteroatoms. The van der Waals surface area contributed by atoms with Crippen LogP contribution < -0.4 is 0 Å². The first kappa shape index (κ1) is 14.9. The molecule has 0 aromatic heterocycles. The van der Waals surface area contributed by atoms with Gasteiger partial charge in [0.1, 0.15) is 0 Å². The van der Waals surface area contributed by atoms with Crippen LogP contribution in [-0.4, -0.2) is 21.7 Å². The lowest BCUT2D eigenvalue weighted by Gasteiger charge is -2.29. The smallest absolute Gasteiger partial charge is 0.0724 e. The van der Waals surface area contributed by atoms with Gasteiger partial charge in [0, 0.05) is 4.75 Å². The zero-order valence-electron chi connectivity index (χ0n) is 12.6. The molecular weight excluding hydrogens is 252 g/mol. The second-order valence-electron chi connectivity index (χ2n) is 6.93. The summed E-state index contributed by atoms with van der Waals surface area (Å²) in [5.74, 6) is 1.19. The van der Waals surface area contributed by atoms with E-state index in [2.05, 4.69) is 52.0 Å². The lowest BCUT2D eigenvalue weighted by Crippen LogP contribution is -2.35. The van der Waals surface area contributed by atoms with Crippen molar-refractivity contribution in [3.8, 4) is 0 Å². The molecule has 1 saturated heterocycles. The Labute approximate surface area is 121 Å². The summed E-state index contributed by atoms with van der Waals surface area (Å²) in [5, 5.41) is 10.5. The summed E-state index contributed by atoms with van der Waals surface area (Å²) in [6.07, 6.45) is 2.91. The first-order chi connectivity index (χ1) is 8.81. The quantitative estimate of drug-likeness (QED) is 0.895. The van der Waals surface area contributed by atoms with Crippen molar-refractivity contribution >= 4 is 11.8 Å². The molecular formula is C17H26OS. The topological polar surface area (TPSA) is 20.2 Å². The maximum atomic E-state index is 10.5. The molecule has 0 spiro atoms. The van der Waals surface area contributed by atoms with Crippen molar-refractivity contribution in [2.45, 2.75) is 63.2 Å². The number of benzene rings is 1. The van der Waals surface area contributed by atoms with Crippen molar-refractivity contribution in [2.75, 3.05) is 5.75 Å². The van der Waals surface area contributed by atoms with E-state index >= 15 is 0 Å². The summed E-state index contributed by atoms with van der Waals surface area (Å²) in [6.45, 7) is 8.89. The molecule has 1 nitrogen and oxygen atoms in total. The van der Waals surface area contributed by atoms with Crippen LogP contribution in [-0.2, 0) is 11.8 Å². The summed E-state index contributed by atoms with van der Waals surface area (Å²) in [4.78, 5) is 0. The average molecular weight is 278 g/mol. The van der Waals surface area contributed by atoms with Crippen LogP contribution in [0.1, 0.15) is 51.7 Å². The van der Waals surface area contributed by atoms with Crippen LogP contribution >= 0.6 is 11.8 Å². The number of thioether (sulfide) groups is 1. The van der Waals surface area contributed by atoms with Crippen LogP contribution in [0.2, 0.25) is 0 Å². The van der Waals surface area contributed by atoms with Gasteiger partial charge < -0.3 is 5.11 Å². The Morgan fingerprint density at radius 3 is 2.37 bits per heavy atom. The Balaban J connectivity index is 2.03. The van der Waals surface area contributed by atoms with Crippen molar-refractivity contribution in [3.05, 3.63) is 35.4 Å². The first-order valence-corrected chi connectivity index (χ1v) is 8.21. The van der Waals surface area contributed by atoms with Gasteiger partial charge in [-0.3, -0.25) is 0 Å². The third-order valence-electron chi connectivity index (χ3n) is 4.20. The largest absolute Gasteiger partial charge is 0.391 e. The van der Waals surface area contributed by atoms with Gasteiger partial charge in [0.2, 0.25) is 0 Å². The highest BCUT2D eigenvalue weighted by molar-refractivity contribution is 8.00. The predicted molar refractivity (Wildman–Crippen MR) is 84.9 cm³/mol. The van der Waals surface area contributed by atoms with E-state index in [9.17, 15) is 5.11 Å². The van der Waals surface area contributed by atoms with Crippen molar-refractivity contribution in [1.82, 2.24) is 0 Å². The molecule has 1 aliphatic rings. The number of hydrogen-bond acceptors (Lipinski definition) is 2. The van der Waals surface area contributed by atoms with Gasteiger partial charge in [-0.25, -0.2) is 0 Å². The molecule has 1 aliphatic heterocycles. The molecule has 1 aromatic carbocycles. The lowest BCUT2D eigenvalue weighted by atomic mass is 9.86. The molecule has 0 amide bonds. The normalized spacial score (nSPS) is 25.5. The fraction of sp³-hybridized carbons (Fsp3) is 0.647. The minimum Gasteiger partial charge on any atom is -0.391 e. The van der Waals surface area contributed by atoms with Gasteiger partial charge in [-0.15, -0.1) is 0 Å². The summed E-state index contributed by atoms with van der Waals surface area (Å²) in [7, 11) is 0. The van der Waals surface area contributed by atoms with Crippen LogP contribution in [0.15, 0.2) is 24.3 Å². The Hall–Kier alpha value is -0.470. The van der Waals surface area contributed by atoms with Crippen molar-refractivity contribution < 1.29 is 5.11 Å². The van der Waals surface area contributed by atoms with Crippen molar-refractivity contribution in [1.29, 1.82) is 0 Å². The Morgan fingerprint density at radius 2 is 1.89 bits per heavy atom. The summed E-state index contributed by atoms with van der Waals surface area (Å²) in [6, 6.07) is 8.75. The van der Waals surface area contributed by atoms with Crippen LogP contribution in [0.4, 0.5) is 0 Å². The fourth-order valence-electron chi connectivity index (χ4n) is 2.64. The van der Waals surface area contributed by atoms with Crippen LogP contribution in [0.3, 0.4) is 0 Å². The number of rotatable bonds is 3. The van der Waals surface area contributed by atoms with Gasteiger partial charge in [0.25, 0.3) is 0 Å². The Bertz CT molecular complexity index is 410. The van der Waals surface area contributed by atoms with Gasteiger partial charge in [-0.2, -0.15) is 11.8 Å². The fourth-order valence-corrected chi connectivity index (χ4v) is 3.96. The molecule has 106 valence electrons. The van der Waals surface area contributed by atoms with E-state index in [1.54, 1.807) is 0 Å². The third kappa shape index (κ3) is 3.55. The molecule has 0 aliphatic carbocycles. The molecule has 0 saturated carbocycles. The van der Waals surface area contributed by atoms with Crippen molar-refractivity contribution in [2.24, 2.45) is 0 Å². The molecule has 1 N–H and O–H groups in total. The molecule has 0 bridgehead atoms. The molecule has 2 unspecified atom stereocenters. The summed E-state index contributed by atoms with van der Waals surface area (Å²) < 4.78 is 0.0582. The Kier molecular flexibility index (Phi) is 4.32. The van der Waals surface area contributed by atoms with Crippen LogP contribution in [0, 0.1) is 0 Å². The molecule has 1 heterocycles. The predicted octanol–water partition coefficient (Wildman–Crippen LogP) is 4.17. The third-order valence-corrected chi connectivity index (χ3v) is 5.83. The minimum absolute atomic E-state index is 0.0582. The maximum Gasteiger partial charge on any atom is 0.0724 e. The van der Waals surface area contributed by atoms with E-state index < -0.39 is 0 Å². The van der Waals surface area contributed by atoms with Gasteiger partial charge in [-0.05, 0) is 48.5 Å². The summed E-state index contributed by atoms with van der Waals surface area (Å²) in [5.41, 5.74) is 2.80. The van der Waals surface area contributed by atoms with E-state index in [1.165, 1.54) is 23.3 Å². The molecule has 19 heavy (non-hydrogen) atoms. The average Bonchev–Trinajstić information content (AvgIpc) is 2.77. The highest BCUT2D eigenvalue weighted by atomic mass is 32.2.